The number of imidazole rings is 1. The third kappa shape index (κ3) is 2.27. The minimum Gasteiger partial charge on any atom is -0.338 e. The third-order valence-electron chi connectivity index (χ3n) is 4.83. The van der Waals surface area contributed by atoms with E-state index in [1.54, 1.807) is 0 Å². The number of rotatable bonds is 4. The molecule has 3 heteroatoms. The molecule has 0 bridgehead atoms. The second-order valence-corrected chi connectivity index (χ2v) is 5.95. The molecule has 0 radical (unpaired) electrons. The molecule has 3 nitrogen and oxygen atoms in total. The van der Waals surface area contributed by atoms with E-state index in [0.717, 1.165) is 25.2 Å². The molecule has 0 saturated carbocycles. The van der Waals surface area contributed by atoms with E-state index in [0.29, 0.717) is 0 Å². The summed E-state index contributed by atoms with van der Waals surface area (Å²) in [5.41, 5.74) is 9.31. The van der Waals surface area contributed by atoms with E-state index < -0.39 is 0 Å². The van der Waals surface area contributed by atoms with Crippen LogP contribution in [0.25, 0.3) is 0 Å². The van der Waals surface area contributed by atoms with Crippen LogP contribution in [-0.2, 0) is 25.3 Å². The molecule has 1 aromatic carbocycles. The van der Waals surface area contributed by atoms with Gasteiger partial charge < -0.3 is 10.3 Å². The van der Waals surface area contributed by atoms with Gasteiger partial charge in [0.2, 0.25) is 0 Å². The van der Waals surface area contributed by atoms with Crippen molar-refractivity contribution in [2.75, 3.05) is 6.54 Å². The molecule has 0 spiro atoms. The van der Waals surface area contributed by atoms with Crippen LogP contribution in [0.3, 0.4) is 0 Å². The molecule has 0 amide bonds. The van der Waals surface area contributed by atoms with Gasteiger partial charge in [-0.2, -0.15) is 0 Å². The lowest BCUT2D eigenvalue weighted by Crippen LogP contribution is -2.39. The first kappa shape index (κ1) is 13.4. The van der Waals surface area contributed by atoms with Crippen molar-refractivity contribution in [3.63, 3.8) is 0 Å². The van der Waals surface area contributed by atoms with Gasteiger partial charge in [0.05, 0.1) is 0 Å². The Kier molecular flexibility index (Phi) is 3.62. The van der Waals surface area contributed by atoms with Gasteiger partial charge in [-0.3, -0.25) is 0 Å². The van der Waals surface area contributed by atoms with Gasteiger partial charge >= 0.3 is 0 Å². The van der Waals surface area contributed by atoms with Crippen molar-refractivity contribution in [1.29, 1.82) is 0 Å². The van der Waals surface area contributed by atoms with Gasteiger partial charge in [-0.1, -0.05) is 24.3 Å². The first-order valence-electron chi connectivity index (χ1n) is 7.50. The molecule has 1 atom stereocenters. The summed E-state index contributed by atoms with van der Waals surface area (Å²) in [6.45, 7) is 0.731. The predicted octanol–water partition coefficient (Wildman–Crippen LogP) is 2.59. The molecule has 1 aliphatic carbocycles. The number of benzene rings is 1. The maximum absolute atomic E-state index is 6.20. The molecular formula is C17H23N3. The first-order valence-corrected chi connectivity index (χ1v) is 7.50. The Morgan fingerprint density at radius 2 is 2.20 bits per heavy atom. The first-order chi connectivity index (χ1) is 9.75. The van der Waals surface area contributed by atoms with Gasteiger partial charge in [0.15, 0.2) is 0 Å². The lowest BCUT2D eigenvalue weighted by molar-refractivity contribution is 0.340. The third-order valence-corrected chi connectivity index (χ3v) is 4.83. The van der Waals surface area contributed by atoms with Crippen LogP contribution in [0.4, 0.5) is 0 Å². The van der Waals surface area contributed by atoms with Gasteiger partial charge in [-0.15, -0.1) is 0 Å². The van der Waals surface area contributed by atoms with Gasteiger partial charge in [0.1, 0.15) is 5.82 Å². The van der Waals surface area contributed by atoms with Gasteiger partial charge in [-0.05, 0) is 36.8 Å². The summed E-state index contributed by atoms with van der Waals surface area (Å²) < 4.78 is 2.11. The van der Waals surface area contributed by atoms with Gasteiger partial charge in [0.25, 0.3) is 0 Å². The fourth-order valence-corrected chi connectivity index (χ4v) is 3.57. The van der Waals surface area contributed by atoms with E-state index in [1.165, 1.54) is 30.4 Å². The van der Waals surface area contributed by atoms with Crippen LogP contribution in [0.1, 0.15) is 36.2 Å². The SMILES string of the molecule is Cn1ccnc1CCC1(CN)CCCc2ccccc21. The zero-order chi connectivity index (χ0) is 14.0. The maximum Gasteiger partial charge on any atom is 0.108 e. The highest BCUT2D eigenvalue weighted by Gasteiger charge is 2.34. The zero-order valence-corrected chi connectivity index (χ0v) is 12.2. The molecule has 1 aromatic heterocycles. The molecule has 1 heterocycles. The summed E-state index contributed by atoms with van der Waals surface area (Å²) in [7, 11) is 2.06. The van der Waals surface area contributed by atoms with Crippen molar-refractivity contribution in [3.05, 3.63) is 53.6 Å². The van der Waals surface area contributed by atoms with Crippen LogP contribution < -0.4 is 5.73 Å². The summed E-state index contributed by atoms with van der Waals surface area (Å²) in [6.07, 6.45) is 9.61. The second kappa shape index (κ2) is 5.41. The van der Waals surface area contributed by atoms with E-state index in [-0.39, 0.29) is 5.41 Å². The summed E-state index contributed by atoms with van der Waals surface area (Å²) in [5.74, 6) is 1.15. The number of hydrogen-bond donors (Lipinski definition) is 1. The highest BCUT2D eigenvalue weighted by atomic mass is 15.0. The second-order valence-electron chi connectivity index (χ2n) is 5.95. The molecule has 1 unspecified atom stereocenters. The molecule has 1 aliphatic rings. The molecule has 2 N–H and O–H groups in total. The lowest BCUT2D eigenvalue weighted by Gasteiger charge is -2.38. The largest absolute Gasteiger partial charge is 0.338 e. The van der Waals surface area contributed by atoms with Crippen LogP contribution in [0.5, 0.6) is 0 Å². The molecule has 20 heavy (non-hydrogen) atoms. The molecular weight excluding hydrogens is 246 g/mol. The Bertz CT molecular complexity index is 587. The highest BCUT2D eigenvalue weighted by Crippen LogP contribution is 2.39. The van der Waals surface area contributed by atoms with Gasteiger partial charge in [0, 0.05) is 37.8 Å². The summed E-state index contributed by atoms with van der Waals surface area (Å²) >= 11 is 0. The van der Waals surface area contributed by atoms with Crippen molar-refractivity contribution < 1.29 is 0 Å². The average molecular weight is 269 g/mol. The average Bonchev–Trinajstić information content (AvgIpc) is 2.90. The number of fused-ring (bicyclic) bond motifs is 1. The quantitative estimate of drug-likeness (QED) is 0.927. The van der Waals surface area contributed by atoms with Gasteiger partial charge in [-0.25, -0.2) is 4.98 Å². The minimum absolute atomic E-state index is 0.140. The maximum atomic E-state index is 6.20. The van der Waals surface area contributed by atoms with Crippen LogP contribution >= 0.6 is 0 Å². The molecule has 0 saturated heterocycles. The van der Waals surface area contributed by atoms with E-state index >= 15 is 0 Å². The molecule has 0 fully saturated rings. The van der Waals surface area contributed by atoms with Crippen molar-refractivity contribution in [1.82, 2.24) is 9.55 Å². The van der Waals surface area contributed by atoms with Crippen molar-refractivity contribution in [2.24, 2.45) is 12.8 Å². The summed E-state index contributed by atoms with van der Waals surface area (Å²) in [6, 6.07) is 8.83. The van der Waals surface area contributed by atoms with Crippen LogP contribution in [-0.4, -0.2) is 16.1 Å². The lowest BCUT2D eigenvalue weighted by atomic mass is 9.67. The van der Waals surface area contributed by atoms with Crippen molar-refractivity contribution in [3.8, 4) is 0 Å². The number of nitrogens with zero attached hydrogens (tertiary/aromatic N) is 2. The molecule has 106 valence electrons. The molecule has 0 aliphatic heterocycles. The smallest absolute Gasteiger partial charge is 0.108 e. The number of hydrogen-bond acceptors (Lipinski definition) is 2. The van der Waals surface area contributed by atoms with E-state index in [1.807, 2.05) is 12.4 Å². The van der Waals surface area contributed by atoms with Crippen LogP contribution in [0.15, 0.2) is 36.7 Å². The Balaban J connectivity index is 1.87. The van der Waals surface area contributed by atoms with E-state index in [2.05, 4.69) is 40.9 Å². The van der Waals surface area contributed by atoms with E-state index in [9.17, 15) is 0 Å². The Hall–Kier alpha value is -1.61. The molecule has 3 rings (SSSR count). The fourth-order valence-electron chi connectivity index (χ4n) is 3.57. The molecule has 2 aromatic rings. The summed E-state index contributed by atoms with van der Waals surface area (Å²) in [5, 5.41) is 0. The normalized spacial score (nSPS) is 21.7. The number of aromatic nitrogens is 2. The Morgan fingerprint density at radius 1 is 1.35 bits per heavy atom. The zero-order valence-electron chi connectivity index (χ0n) is 12.2. The minimum atomic E-state index is 0.140. The topological polar surface area (TPSA) is 43.8 Å². The van der Waals surface area contributed by atoms with Crippen molar-refractivity contribution in [2.45, 2.75) is 37.5 Å². The van der Waals surface area contributed by atoms with Crippen molar-refractivity contribution >= 4 is 0 Å². The number of aryl methyl sites for hydroxylation is 3. The Morgan fingerprint density at radius 3 is 2.95 bits per heavy atom. The Labute approximate surface area is 120 Å². The van der Waals surface area contributed by atoms with Crippen LogP contribution in [0, 0.1) is 0 Å². The number of nitrogens with two attached hydrogens (primary N) is 1. The summed E-state index contributed by atoms with van der Waals surface area (Å²) in [4.78, 5) is 4.44. The standard InChI is InChI=1S/C17H23N3/c1-20-12-11-19-16(20)8-10-17(13-18)9-4-6-14-5-2-3-7-15(14)17/h2-3,5,7,11-12H,4,6,8-10,13,18H2,1H3. The van der Waals surface area contributed by atoms with E-state index in [4.69, 9.17) is 5.73 Å². The van der Waals surface area contributed by atoms with Crippen LogP contribution in [0.2, 0.25) is 0 Å². The highest BCUT2D eigenvalue weighted by molar-refractivity contribution is 5.37. The predicted molar refractivity (Wildman–Crippen MR) is 81.6 cm³/mol. The fraction of sp³-hybridized carbons (Fsp3) is 0.471. The monoisotopic (exact) mass is 269 g/mol.